The molecule has 3 aromatic rings. The maximum Gasteiger partial charge on any atom is 0.0503 e. The highest BCUT2D eigenvalue weighted by Gasteiger charge is 2.23. The molecule has 1 aromatic heterocycles. The number of benzene rings is 2. The first-order valence-electron chi connectivity index (χ1n) is 8.32. The summed E-state index contributed by atoms with van der Waals surface area (Å²) in [7, 11) is 0. The molecule has 0 saturated carbocycles. The van der Waals surface area contributed by atoms with E-state index < -0.39 is 0 Å². The molecule has 0 unspecified atom stereocenters. The molecular weight excluding hydrogens is 266 g/mol. The zero-order chi connectivity index (χ0) is 15.4. The zero-order valence-corrected chi connectivity index (χ0v) is 13.8. The van der Waals surface area contributed by atoms with Gasteiger partial charge in [0.05, 0.1) is 5.69 Å². The Morgan fingerprint density at radius 1 is 0.864 bits per heavy atom. The first-order chi connectivity index (χ1) is 10.5. The molecule has 2 aromatic carbocycles. The van der Waals surface area contributed by atoms with Crippen LogP contribution in [0.1, 0.15) is 61.8 Å². The molecule has 0 amide bonds. The van der Waals surface area contributed by atoms with Gasteiger partial charge in [0, 0.05) is 22.9 Å². The van der Waals surface area contributed by atoms with E-state index >= 15 is 0 Å². The summed E-state index contributed by atoms with van der Waals surface area (Å²) in [5.74, 6) is 1.17. The van der Waals surface area contributed by atoms with Crippen LogP contribution in [0.5, 0.6) is 0 Å². The number of hydrogen-bond donors (Lipinski definition) is 1. The second kappa shape index (κ2) is 4.74. The van der Waals surface area contributed by atoms with E-state index in [0.717, 1.165) is 6.42 Å². The Labute approximate surface area is 132 Å². The minimum atomic E-state index is 0.575. The van der Waals surface area contributed by atoms with E-state index in [9.17, 15) is 0 Å². The average molecular weight is 289 g/mol. The lowest BCUT2D eigenvalue weighted by atomic mass is 9.97. The van der Waals surface area contributed by atoms with Crippen LogP contribution >= 0.6 is 0 Å². The van der Waals surface area contributed by atoms with Crippen molar-refractivity contribution in [2.45, 2.75) is 46.0 Å². The van der Waals surface area contributed by atoms with Crippen molar-refractivity contribution in [3.8, 4) is 11.3 Å². The van der Waals surface area contributed by atoms with Gasteiger partial charge in [0.25, 0.3) is 0 Å². The van der Waals surface area contributed by atoms with Gasteiger partial charge >= 0.3 is 0 Å². The lowest BCUT2D eigenvalue weighted by Gasteiger charge is -2.08. The van der Waals surface area contributed by atoms with E-state index in [2.05, 4.69) is 69.1 Å². The molecule has 1 N–H and O–H groups in total. The summed E-state index contributed by atoms with van der Waals surface area (Å²) in [4.78, 5) is 3.65. The van der Waals surface area contributed by atoms with Crippen molar-refractivity contribution in [3.05, 3.63) is 58.7 Å². The maximum atomic E-state index is 3.65. The smallest absolute Gasteiger partial charge is 0.0503 e. The van der Waals surface area contributed by atoms with Gasteiger partial charge in [-0.3, -0.25) is 0 Å². The molecule has 0 saturated heterocycles. The van der Waals surface area contributed by atoms with Crippen molar-refractivity contribution in [1.29, 1.82) is 0 Å². The number of nitrogens with one attached hydrogen (secondary N) is 1. The van der Waals surface area contributed by atoms with Gasteiger partial charge in [-0.15, -0.1) is 0 Å². The molecule has 1 heteroatoms. The van der Waals surface area contributed by atoms with E-state index in [4.69, 9.17) is 0 Å². The summed E-state index contributed by atoms with van der Waals surface area (Å²) in [5.41, 5.74) is 9.82. The van der Waals surface area contributed by atoms with E-state index in [1.54, 1.807) is 0 Å². The number of aromatic nitrogens is 1. The zero-order valence-electron chi connectivity index (χ0n) is 13.8. The van der Waals surface area contributed by atoms with Crippen molar-refractivity contribution in [2.75, 3.05) is 0 Å². The van der Waals surface area contributed by atoms with E-state index in [0.29, 0.717) is 11.8 Å². The molecule has 112 valence electrons. The molecular formula is C21H23N. The number of hydrogen-bond acceptors (Lipinski definition) is 0. The van der Waals surface area contributed by atoms with Crippen molar-refractivity contribution < 1.29 is 0 Å². The average Bonchev–Trinajstić information content (AvgIpc) is 3.01. The Morgan fingerprint density at radius 3 is 2.27 bits per heavy atom. The molecule has 1 heterocycles. The van der Waals surface area contributed by atoms with Gasteiger partial charge in [0.15, 0.2) is 0 Å². The number of rotatable bonds is 2. The minimum absolute atomic E-state index is 0.575. The molecule has 22 heavy (non-hydrogen) atoms. The largest absolute Gasteiger partial charge is 0.354 e. The molecule has 0 bridgehead atoms. The maximum absolute atomic E-state index is 3.65. The summed E-state index contributed by atoms with van der Waals surface area (Å²) in [6.07, 6.45) is 1.06. The van der Waals surface area contributed by atoms with Crippen molar-refractivity contribution in [2.24, 2.45) is 0 Å². The Balaban J connectivity index is 1.88. The molecule has 1 aliphatic rings. The fraction of sp³-hybridized carbons (Fsp3) is 0.333. The summed E-state index contributed by atoms with van der Waals surface area (Å²) in [6.45, 7) is 9.05. The normalized spacial score (nSPS) is 13.2. The number of aromatic amines is 1. The second-order valence-corrected chi connectivity index (χ2v) is 7.19. The first-order valence-corrected chi connectivity index (χ1v) is 8.32. The van der Waals surface area contributed by atoms with Gasteiger partial charge in [-0.25, -0.2) is 0 Å². The van der Waals surface area contributed by atoms with Gasteiger partial charge in [-0.1, -0.05) is 52.0 Å². The molecule has 0 fully saturated rings. The fourth-order valence-corrected chi connectivity index (χ4v) is 3.59. The van der Waals surface area contributed by atoms with Gasteiger partial charge in [0.1, 0.15) is 0 Å². The third-order valence-electron chi connectivity index (χ3n) is 5.03. The molecule has 0 aliphatic heterocycles. The van der Waals surface area contributed by atoms with E-state index in [1.807, 2.05) is 0 Å². The minimum Gasteiger partial charge on any atom is -0.354 e. The summed E-state index contributed by atoms with van der Waals surface area (Å²) >= 11 is 0. The molecule has 1 nitrogen and oxygen atoms in total. The second-order valence-electron chi connectivity index (χ2n) is 7.19. The van der Waals surface area contributed by atoms with E-state index in [-0.39, 0.29) is 0 Å². The van der Waals surface area contributed by atoms with Crippen LogP contribution in [0.15, 0.2) is 36.4 Å². The Kier molecular flexibility index (Phi) is 2.94. The van der Waals surface area contributed by atoms with Crippen molar-refractivity contribution in [1.82, 2.24) is 4.98 Å². The highest BCUT2D eigenvalue weighted by atomic mass is 14.7. The number of H-pyrrole nitrogens is 1. The van der Waals surface area contributed by atoms with Crippen LogP contribution in [-0.2, 0) is 6.42 Å². The predicted octanol–water partition coefficient (Wildman–Crippen LogP) is 5.99. The van der Waals surface area contributed by atoms with E-state index in [1.165, 1.54) is 44.4 Å². The lowest BCUT2D eigenvalue weighted by Crippen LogP contribution is -1.91. The first kappa shape index (κ1) is 13.6. The van der Waals surface area contributed by atoms with Crippen LogP contribution < -0.4 is 0 Å². The van der Waals surface area contributed by atoms with Crippen LogP contribution in [0.3, 0.4) is 0 Å². The van der Waals surface area contributed by atoms with Crippen molar-refractivity contribution in [3.63, 3.8) is 0 Å². The number of fused-ring (bicyclic) bond motifs is 5. The Bertz CT molecular complexity index is 865. The highest BCUT2D eigenvalue weighted by Crippen LogP contribution is 2.41. The van der Waals surface area contributed by atoms with Crippen LogP contribution in [0.4, 0.5) is 0 Å². The summed E-state index contributed by atoms with van der Waals surface area (Å²) in [5, 5.41) is 1.41. The molecule has 0 spiro atoms. The third kappa shape index (κ3) is 1.92. The summed E-state index contributed by atoms with van der Waals surface area (Å²) in [6, 6.07) is 13.8. The topological polar surface area (TPSA) is 15.8 Å². The van der Waals surface area contributed by atoms with Gasteiger partial charge in [-0.05, 0) is 46.2 Å². The fourth-order valence-electron chi connectivity index (χ4n) is 3.59. The standard InChI is InChI=1S/C21H23N/c1-12(2)14-5-7-17-16(9-14)11-19-18-10-15(13(3)4)6-8-20(18)22-21(17)19/h5-10,12-13,22H,11H2,1-4H3. The Morgan fingerprint density at radius 2 is 1.55 bits per heavy atom. The summed E-state index contributed by atoms with van der Waals surface area (Å²) < 4.78 is 0. The molecule has 1 aliphatic carbocycles. The predicted molar refractivity (Wildman–Crippen MR) is 94.7 cm³/mol. The van der Waals surface area contributed by atoms with Crippen LogP contribution in [0, 0.1) is 0 Å². The highest BCUT2D eigenvalue weighted by molar-refractivity contribution is 5.94. The van der Waals surface area contributed by atoms with Crippen LogP contribution in [0.2, 0.25) is 0 Å². The van der Waals surface area contributed by atoms with Gasteiger partial charge in [-0.2, -0.15) is 0 Å². The molecule has 0 atom stereocenters. The molecule has 4 rings (SSSR count). The van der Waals surface area contributed by atoms with Crippen LogP contribution in [-0.4, -0.2) is 4.98 Å². The van der Waals surface area contributed by atoms with Crippen LogP contribution in [0.25, 0.3) is 22.2 Å². The van der Waals surface area contributed by atoms with Gasteiger partial charge < -0.3 is 4.98 Å². The third-order valence-corrected chi connectivity index (χ3v) is 5.03. The molecule has 0 radical (unpaired) electrons. The SMILES string of the molecule is CC(C)c1ccc2c(c1)Cc1c-2[nH]c2ccc(C(C)C)cc12. The van der Waals surface area contributed by atoms with Gasteiger partial charge in [0.2, 0.25) is 0 Å². The monoisotopic (exact) mass is 289 g/mol. The lowest BCUT2D eigenvalue weighted by molar-refractivity contribution is 0.864. The van der Waals surface area contributed by atoms with Crippen molar-refractivity contribution >= 4 is 10.9 Å². The quantitative estimate of drug-likeness (QED) is 0.467. The Hall–Kier alpha value is -2.02.